The average Bonchev–Trinajstić information content (AvgIpc) is 2.83. The van der Waals surface area contributed by atoms with Crippen molar-refractivity contribution < 1.29 is 9.90 Å². The number of fused-ring (bicyclic) bond motifs is 1. The minimum Gasteiger partial charge on any atom is -0.481 e. The molecule has 0 bridgehead atoms. The number of carboxylic acids is 1. The molecule has 0 aliphatic carbocycles. The van der Waals surface area contributed by atoms with E-state index in [-0.39, 0.29) is 12.1 Å². The van der Waals surface area contributed by atoms with E-state index in [0.717, 1.165) is 36.6 Å². The summed E-state index contributed by atoms with van der Waals surface area (Å²) in [5.41, 5.74) is 4.50. The molecule has 0 fully saturated rings. The van der Waals surface area contributed by atoms with Gasteiger partial charge in [0.05, 0.1) is 23.2 Å². The van der Waals surface area contributed by atoms with Gasteiger partial charge in [0.2, 0.25) is 0 Å². The van der Waals surface area contributed by atoms with E-state index in [9.17, 15) is 9.90 Å². The fourth-order valence-electron chi connectivity index (χ4n) is 4.28. The van der Waals surface area contributed by atoms with E-state index in [1.54, 1.807) is 20.0 Å². The van der Waals surface area contributed by atoms with Gasteiger partial charge in [0.1, 0.15) is 5.82 Å². The van der Waals surface area contributed by atoms with E-state index in [4.69, 9.17) is 0 Å². The zero-order valence-corrected chi connectivity index (χ0v) is 19.4. The van der Waals surface area contributed by atoms with Crippen LogP contribution in [0.2, 0.25) is 0 Å². The third-order valence-corrected chi connectivity index (χ3v) is 6.57. The zero-order chi connectivity index (χ0) is 23.4. The van der Waals surface area contributed by atoms with Crippen molar-refractivity contribution >= 4 is 17.5 Å². The Morgan fingerprint density at radius 1 is 1.18 bits per heavy atom. The number of aromatic nitrogens is 1. The van der Waals surface area contributed by atoms with Crippen LogP contribution in [0.1, 0.15) is 42.1 Å². The van der Waals surface area contributed by atoms with Gasteiger partial charge >= 0.3 is 5.97 Å². The molecular weight excluding hydrogens is 412 g/mol. The summed E-state index contributed by atoms with van der Waals surface area (Å²) in [6, 6.07) is 20.6. The Labute approximate surface area is 195 Å². The van der Waals surface area contributed by atoms with Crippen molar-refractivity contribution in [3.8, 4) is 0 Å². The minimum atomic E-state index is -0.916. The first-order valence-electron chi connectivity index (χ1n) is 11.4. The highest BCUT2D eigenvalue weighted by Crippen LogP contribution is 2.29. The number of hydrogen-bond acceptors (Lipinski definition) is 5. The van der Waals surface area contributed by atoms with E-state index in [0.29, 0.717) is 0 Å². The Hall–Kier alpha value is -3.38. The lowest BCUT2D eigenvalue weighted by molar-refractivity contribution is -0.142. The summed E-state index contributed by atoms with van der Waals surface area (Å²) in [6.07, 6.45) is 2.61. The van der Waals surface area contributed by atoms with Gasteiger partial charge in [-0.1, -0.05) is 48.5 Å². The summed E-state index contributed by atoms with van der Waals surface area (Å²) < 4.78 is 0. The number of pyridine rings is 1. The van der Waals surface area contributed by atoms with Crippen molar-refractivity contribution in [2.24, 2.45) is 0 Å². The first kappa shape index (κ1) is 22.8. The summed E-state index contributed by atoms with van der Waals surface area (Å²) >= 11 is 0. The highest BCUT2D eigenvalue weighted by Gasteiger charge is 2.30. The normalized spacial score (nSPS) is 16.3. The van der Waals surface area contributed by atoms with Crippen molar-refractivity contribution in [1.29, 1.82) is 0 Å². The number of carboxylic acid groups (broad SMARTS) is 1. The van der Waals surface area contributed by atoms with Crippen LogP contribution in [0.4, 0.5) is 11.5 Å². The van der Waals surface area contributed by atoms with Crippen molar-refractivity contribution in [2.45, 2.75) is 44.7 Å². The number of anilines is 2. The first-order valence-corrected chi connectivity index (χ1v) is 11.4. The van der Waals surface area contributed by atoms with Gasteiger partial charge in [0, 0.05) is 12.7 Å². The molecule has 3 aromatic rings. The lowest BCUT2D eigenvalue weighted by atomic mass is 9.83. The number of nitrogens with zero attached hydrogens (tertiary/aromatic N) is 1. The lowest BCUT2D eigenvalue weighted by Crippen LogP contribution is -2.44. The first-order chi connectivity index (χ1) is 15.9. The van der Waals surface area contributed by atoms with Gasteiger partial charge in [-0.2, -0.15) is 0 Å². The molecule has 4 N–H and O–H groups in total. The van der Waals surface area contributed by atoms with Crippen LogP contribution in [-0.2, 0) is 16.6 Å². The predicted molar refractivity (Wildman–Crippen MR) is 133 cm³/mol. The molecular formula is C27H32N4O2. The molecule has 1 aromatic heterocycles. The number of aliphatic carboxylic acids is 1. The van der Waals surface area contributed by atoms with Crippen LogP contribution in [0.5, 0.6) is 0 Å². The molecule has 0 radical (unpaired) electrons. The summed E-state index contributed by atoms with van der Waals surface area (Å²) in [5, 5.41) is 20.5. The predicted octanol–water partition coefficient (Wildman–Crippen LogP) is 4.53. The monoisotopic (exact) mass is 444 g/mol. The van der Waals surface area contributed by atoms with Gasteiger partial charge in [-0.15, -0.1) is 0 Å². The Morgan fingerprint density at radius 3 is 2.73 bits per heavy atom. The molecule has 0 spiro atoms. The molecule has 6 heteroatoms. The molecule has 2 atom stereocenters. The summed E-state index contributed by atoms with van der Waals surface area (Å²) in [5.74, 6) is 0.0558. The topological polar surface area (TPSA) is 86.3 Å². The standard InChI is InChI=1S/C27H32N4O2/c1-18-11-12-21(27(2,3)26(32)33)16-20(18)13-15-28-24(19-8-5-4-6-9-19)23-17-30-22-10-7-14-29-25(22)31-23/h4-12,14,16,23-24,28,30H,13,15,17H2,1-3H3,(H,29,31)(H,32,33)/t23-,24-/m1/s1. The molecule has 172 valence electrons. The van der Waals surface area contributed by atoms with Crippen molar-refractivity contribution in [1.82, 2.24) is 10.3 Å². The second-order valence-corrected chi connectivity index (χ2v) is 9.20. The second-order valence-electron chi connectivity index (χ2n) is 9.20. The van der Waals surface area contributed by atoms with Gasteiger partial charge in [-0.05, 0) is 68.1 Å². The van der Waals surface area contributed by atoms with Crippen molar-refractivity contribution in [3.63, 3.8) is 0 Å². The van der Waals surface area contributed by atoms with Crippen LogP contribution in [0.15, 0.2) is 66.9 Å². The van der Waals surface area contributed by atoms with E-state index < -0.39 is 11.4 Å². The van der Waals surface area contributed by atoms with Gasteiger partial charge in [0.25, 0.3) is 0 Å². The molecule has 1 aliphatic heterocycles. The lowest BCUT2D eigenvalue weighted by Gasteiger charge is -2.34. The fraction of sp³-hybridized carbons (Fsp3) is 0.333. The maximum Gasteiger partial charge on any atom is 0.313 e. The smallest absolute Gasteiger partial charge is 0.313 e. The molecule has 4 rings (SSSR count). The second kappa shape index (κ2) is 9.63. The van der Waals surface area contributed by atoms with Crippen LogP contribution in [0.3, 0.4) is 0 Å². The summed E-state index contributed by atoms with van der Waals surface area (Å²) in [6.45, 7) is 7.14. The minimum absolute atomic E-state index is 0.0906. The third-order valence-electron chi connectivity index (χ3n) is 6.57. The van der Waals surface area contributed by atoms with E-state index in [1.165, 1.54) is 16.7 Å². The van der Waals surface area contributed by atoms with Gasteiger partial charge in [-0.3, -0.25) is 4.79 Å². The van der Waals surface area contributed by atoms with Crippen LogP contribution < -0.4 is 16.0 Å². The van der Waals surface area contributed by atoms with Gasteiger partial charge in [0.15, 0.2) is 0 Å². The highest BCUT2D eigenvalue weighted by atomic mass is 16.4. The van der Waals surface area contributed by atoms with Crippen LogP contribution in [-0.4, -0.2) is 35.2 Å². The van der Waals surface area contributed by atoms with Crippen LogP contribution in [0.25, 0.3) is 0 Å². The molecule has 0 saturated carbocycles. The Kier molecular flexibility index (Phi) is 6.65. The Balaban J connectivity index is 1.50. The van der Waals surface area contributed by atoms with Crippen molar-refractivity contribution in [2.75, 3.05) is 23.7 Å². The zero-order valence-electron chi connectivity index (χ0n) is 19.4. The van der Waals surface area contributed by atoms with Gasteiger partial charge in [-0.25, -0.2) is 4.98 Å². The molecule has 1 aliphatic rings. The molecule has 0 amide bonds. The maximum atomic E-state index is 11.7. The van der Waals surface area contributed by atoms with E-state index >= 15 is 0 Å². The maximum absolute atomic E-state index is 11.7. The highest BCUT2D eigenvalue weighted by molar-refractivity contribution is 5.80. The van der Waals surface area contributed by atoms with Gasteiger partial charge < -0.3 is 21.1 Å². The number of benzene rings is 2. The third kappa shape index (κ3) is 5.01. The van der Waals surface area contributed by atoms with E-state index in [2.05, 4.69) is 52.1 Å². The summed E-state index contributed by atoms with van der Waals surface area (Å²) in [7, 11) is 0. The number of hydrogen-bond donors (Lipinski definition) is 4. The molecule has 0 saturated heterocycles. The molecule has 2 heterocycles. The van der Waals surface area contributed by atoms with Crippen LogP contribution >= 0.6 is 0 Å². The average molecular weight is 445 g/mol. The number of nitrogens with one attached hydrogen (secondary N) is 3. The van der Waals surface area contributed by atoms with E-state index in [1.807, 2.05) is 36.4 Å². The Morgan fingerprint density at radius 2 is 1.97 bits per heavy atom. The molecule has 0 unspecified atom stereocenters. The quantitative estimate of drug-likeness (QED) is 0.408. The number of aryl methyl sites for hydroxylation is 1. The Bertz CT molecular complexity index is 1110. The van der Waals surface area contributed by atoms with Crippen molar-refractivity contribution in [3.05, 3.63) is 89.1 Å². The summed E-state index contributed by atoms with van der Waals surface area (Å²) in [4.78, 5) is 16.2. The molecule has 2 aromatic carbocycles. The number of rotatable bonds is 8. The SMILES string of the molecule is Cc1ccc(C(C)(C)C(=O)O)cc1CCN[C@H](c1ccccc1)[C@H]1CNc2cccnc2N1. The van der Waals surface area contributed by atoms with Crippen LogP contribution in [0, 0.1) is 6.92 Å². The fourth-order valence-corrected chi connectivity index (χ4v) is 4.28. The number of carbonyl (C=O) groups is 1. The molecule has 33 heavy (non-hydrogen) atoms. The largest absolute Gasteiger partial charge is 0.481 e. The molecule has 6 nitrogen and oxygen atoms in total.